The summed E-state index contributed by atoms with van der Waals surface area (Å²) in [5.74, 6) is 0. The minimum atomic E-state index is -1.44. The van der Waals surface area contributed by atoms with E-state index in [1.54, 1.807) is 0 Å². The molecule has 0 amide bonds. The van der Waals surface area contributed by atoms with Crippen molar-refractivity contribution in [2.75, 3.05) is 6.61 Å². The molecule has 22 heavy (non-hydrogen) atoms. The summed E-state index contributed by atoms with van der Waals surface area (Å²) in [4.78, 5) is 25.8. The number of hydrogen-bond acceptors (Lipinski definition) is 8. The van der Waals surface area contributed by atoms with Gasteiger partial charge in [-0.15, -0.1) is 5.10 Å². The van der Waals surface area contributed by atoms with Crippen molar-refractivity contribution in [1.29, 1.82) is 0 Å². The van der Waals surface area contributed by atoms with Crippen LogP contribution in [0.2, 0.25) is 0 Å². The molecule has 1 aliphatic rings. The molecule has 2 aromatic rings. The number of rotatable bonds is 3. The zero-order valence-electron chi connectivity index (χ0n) is 11.1. The topological polar surface area (TPSA) is 166 Å². The maximum Gasteiger partial charge on any atom is 0.330 e. The number of hydrogen-bond donors (Lipinski definition) is 5. The largest absolute Gasteiger partial charge is 0.394 e. The summed E-state index contributed by atoms with van der Waals surface area (Å²) >= 11 is 0. The highest BCUT2D eigenvalue weighted by Crippen LogP contribution is 2.28. The fourth-order valence-corrected chi connectivity index (χ4v) is 2.30. The van der Waals surface area contributed by atoms with Crippen LogP contribution in [0.5, 0.6) is 0 Å². The molecule has 0 aliphatic carbocycles. The van der Waals surface area contributed by atoms with E-state index in [0.717, 1.165) is 10.8 Å². The minimum Gasteiger partial charge on any atom is -0.394 e. The highest BCUT2D eigenvalue weighted by molar-refractivity contribution is 5.54. The van der Waals surface area contributed by atoms with E-state index < -0.39 is 42.4 Å². The first-order chi connectivity index (χ1) is 10.5. The van der Waals surface area contributed by atoms with Gasteiger partial charge in [-0.3, -0.25) is 19.4 Å². The predicted octanol–water partition coefficient (Wildman–Crippen LogP) is -3.07. The summed E-state index contributed by atoms with van der Waals surface area (Å²) in [7, 11) is 0. The van der Waals surface area contributed by atoms with E-state index in [4.69, 9.17) is 9.84 Å². The molecule has 1 fully saturated rings. The van der Waals surface area contributed by atoms with Crippen LogP contribution in [-0.4, -0.2) is 65.2 Å². The Hall–Kier alpha value is -2.34. The Morgan fingerprint density at radius 1 is 1.32 bits per heavy atom. The Balaban J connectivity index is 2.07. The monoisotopic (exact) mass is 311 g/mol. The number of aliphatic hydroxyl groups is 3. The average Bonchev–Trinajstić information content (AvgIpc) is 3.10. The number of aliphatic hydroxyl groups excluding tert-OH is 3. The van der Waals surface area contributed by atoms with E-state index >= 15 is 0 Å². The molecule has 118 valence electrons. The van der Waals surface area contributed by atoms with Crippen molar-refractivity contribution in [1.82, 2.24) is 25.0 Å². The van der Waals surface area contributed by atoms with Crippen molar-refractivity contribution in [3.05, 3.63) is 33.2 Å². The fraction of sp³-hybridized carbons (Fsp3) is 0.455. The smallest absolute Gasteiger partial charge is 0.330 e. The van der Waals surface area contributed by atoms with Crippen molar-refractivity contribution >= 4 is 0 Å². The second kappa shape index (κ2) is 5.46. The third-order valence-corrected chi connectivity index (χ3v) is 3.45. The summed E-state index contributed by atoms with van der Waals surface area (Å²) in [6.07, 6.45) is -2.57. The van der Waals surface area contributed by atoms with E-state index in [-0.39, 0.29) is 11.3 Å². The summed E-state index contributed by atoms with van der Waals surface area (Å²) in [5, 5.41) is 38.4. The molecule has 5 N–H and O–H groups in total. The number of nitrogens with zero attached hydrogens (tertiary/aromatic N) is 3. The van der Waals surface area contributed by atoms with Gasteiger partial charge in [-0.2, -0.15) is 0 Å². The minimum absolute atomic E-state index is 0.0334. The lowest BCUT2D eigenvalue weighted by atomic mass is 10.1. The van der Waals surface area contributed by atoms with Crippen molar-refractivity contribution in [2.45, 2.75) is 24.5 Å². The molecule has 3 heterocycles. The van der Waals surface area contributed by atoms with E-state index in [1.165, 1.54) is 6.20 Å². The molecule has 1 saturated heterocycles. The first-order valence-electron chi connectivity index (χ1n) is 6.37. The van der Waals surface area contributed by atoms with Gasteiger partial charge in [-0.05, 0) is 0 Å². The molecule has 0 bridgehead atoms. The third kappa shape index (κ3) is 2.25. The number of aromatic nitrogens is 5. The van der Waals surface area contributed by atoms with Gasteiger partial charge in [0.15, 0.2) is 6.23 Å². The Bertz CT molecular complexity index is 768. The lowest BCUT2D eigenvalue weighted by Gasteiger charge is -2.17. The average molecular weight is 311 g/mol. The SMILES string of the molecule is O=c1[nH]c(=O)n([C@@H]2O[C@H](CO)C(O)[C@@H]2O)cc1-c1c[nH]nn1. The maximum atomic E-state index is 11.9. The zero-order valence-corrected chi connectivity index (χ0v) is 11.1. The van der Waals surface area contributed by atoms with E-state index in [1.807, 2.05) is 0 Å². The predicted molar refractivity (Wildman–Crippen MR) is 69.7 cm³/mol. The Morgan fingerprint density at radius 3 is 2.68 bits per heavy atom. The van der Waals surface area contributed by atoms with Crippen molar-refractivity contribution in [3.8, 4) is 11.3 Å². The Morgan fingerprint density at radius 2 is 2.09 bits per heavy atom. The molecule has 4 atom stereocenters. The molecular formula is C11H13N5O6. The number of aromatic amines is 2. The van der Waals surface area contributed by atoms with Crippen LogP contribution in [0.3, 0.4) is 0 Å². The molecule has 1 aliphatic heterocycles. The standard InChI is InChI=1S/C11H13N5O6/c17-3-6-7(18)8(19)10(22-6)16-2-4(5-1-12-15-14-5)9(20)13-11(16)21/h1-2,6-8,10,17-19H,3H2,(H,12,14,15)(H,13,20,21)/t6-,7?,8+,10-/m1/s1. The highest BCUT2D eigenvalue weighted by Gasteiger charge is 2.43. The summed E-state index contributed by atoms with van der Waals surface area (Å²) < 4.78 is 6.19. The molecule has 11 nitrogen and oxygen atoms in total. The van der Waals surface area contributed by atoms with E-state index in [0.29, 0.717) is 0 Å². The first-order valence-corrected chi connectivity index (χ1v) is 6.37. The lowest BCUT2D eigenvalue weighted by Crippen LogP contribution is -2.38. The zero-order chi connectivity index (χ0) is 15.9. The fourth-order valence-electron chi connectivity index (χ4n) is 2.30. The van der Waals surface area contributed by atoms with Crippen molar-refractivity contribution in [2.24, 2.45) is 0 Å². The third-order valence-electron chi connectivity index (χ3n) is 3.45. The quantitative estimate of drug-likeness (QED) is 0.398. The molecule has 3 rings (SSSR count). The number of ether oxygens (including phenoxy) is 1. The number of H-pyrrole nitrogens is 2. The Kier molecular flexibility index (Phi) is 3.62. The van der Waals surface area contributed by atoms with Gasteiger partial charge in [0.05, 0.1) is 18.4 Å². The van der Waals surface area contributed by atoms with Gasteiger partial charge in [0.1, 0.15) is 24.0 Å². The van der Waals surface area contributed by atoms with Crippen LogP contribution in [0.25, 0.3) is 11.3 Å². The molecule has 0 aromatic carbocycles. The van der Waals surface area contributed by atoms with Crippen LogP contribution in [0.4, 0.5) is 0 Å². The van der Waals surface area contributed by atoms with E-state index in [9.17, 15) is 19.8 Å². The van der Waals surface area contributed by atoms with Crippen LogP contribution in [0.15, 0.2) is 22.0 Å². The molecule has 0 radical (unpaired) electrons. The summed E-state index contributed by atoms with van der Waals surface area (Å²) in [6, 6.07) is 0. The molecule has 0 saturated carbocycles. The lowest BCUT2D eigenvalue weighted by molar-refractivity contribution is -0.0549. The highest BCUT2D eigenvalue weighted by atomic mass is 16.6. The molecule has 0 spiro atoms. The van der Waals surface area contributed by atoms with Gasteiger partial charge in [0.25, 0.3) is 5.56 Å². The second-order valence-corrected chi connectivity index (χ2v) is 4.80. The van der Waals surface area contributed by atoms with Gasteiger partial charge in [0.2, 0.25) is 0 Å². The maximum absolute atomic E-state index is 11.9. The van der Waals surface area contributed by atoms with Gasteiger partial charge in [-0.25, -0.2) is 4.79 Å². The van der Waals surface area contributed by atoms with Gasteiger partial charge >= 0.3 is 5.69 Å². The summed E-state index contributed by atoms with van der Waals surface area (Å²) in [6.45, 7) is -0.525. The van der Waals surface area contributed by atoms with E-state index in [2.05, 4.69) is 20.4 Å². The van der Waals surface area contributed by atoms with Crippen molar-refractivity contribution in [3.63, 3.8) is 0 Å². The van der Waals surface area contributed by atoms with Gasteiger partial charge in [0, 0.05) is 6.20 Å². The summed E-state index contributed by atoms with van der Waals surface area (Å²) in [5.41, 5.74) is -1.28. The van der Waals surface area contributed by atoms with Crippen LogP contribution in [-0.2, 0) is 4.74 Å². The second-order valence-electron chi connectivity index (χ2n) is 4.80. The molecule has 11 heteroatoms. The van der Waals surface area contributed by atoms with Crippen LogP contribution in [0.1, 0.15) is 6.23 Å². The normalized spacial score (nSPS) is 28.1. The molecule has 1 unspecified atom stereocenters. The van der Waals surface area contributed by atoms with Crippen LogP contribution < -0.4 is 11.2 Å². The first kappa shape index (κ1) is 14.6. The molecule has 2 aromatic heterocycles. The molecular weight excluding hydrogens is 298 g/mol. The van der Waals surface area contributed by atoms with Gasteiger partial charge in [-0.1, -0.05) is 5.21 Å². The van der Waals surface area contributed by atoms with Crippen molar-refractivity contribution < 1.29 is 20.1 Å². The van der Waals surface area contributed by atoms with Crippen LogP contribution in [0, 0.1) is 0 Å². The van der Waals surface area contributed by atoms with Crippen LogP contribution >= 0.6 is 0 Å². The number of nitrogens with one attached hydrogen (secondary N) is 2. The Labute approximate surface area is 121 Å². The van der Waals surface area contributed by atoms with Gasteiger partial charge < -0.3 is 20.1 Å².